The number of rotatable bonds is 11. The molecule has 1 spiro atoms. The number of hydrogen-bond acceptors (Lipinski definition) is 10. The minimum atomic E-state index is -3.65. The predicted octanol–water partition coefficient (Wildman–Crippen LogP) is 1.16. The Hall–Kier alpha value is -2.46. The van der Waals surface area contributed by atoms with Gasteiger partial charge in [-0.3, -0.25) is 0 Å². The Balaban J connectivity index is 1.10. The molecule has 0 amide bonds. The molecule has 42 heavy (non-hydrogen) atoms. The highest BCUT2D eigenvalue weighted by atomic mass is 32.2. The molecule has 0 aromatic heterocycles. The summed E-state index contributed by atoms with van der Waals surface area (Å²) in [5.74, 6) is 1.06. The zero-order valence-electron chi connectivity index (χ0n) is 24.0. The number of fused-ring (bicyclic) bond motifs is 1. The minimum Gasteiger partial charge on any atom is -0.491 e. The Morgan fingerprint density at radius 2 is 1.88 bits per heavy atom. The van der Waals surface area contributed by atoms with Crippen LogP contribution in [-0.4, -0.2) is 104 Å². The fourth-order valence-corrected chi connectivity index (χ4v) is 7.98. The van der Waals surface area contributed by atoms with Gasteiger partial charge in [0, 0.05) is 38.3 Å². The monoisotopic (exact) mass is 624 g/mol. The molecule has 3 aliphatic heterocycles. The second-order valence-corrected chi connectivity index (χ2v) is 14.7. The number of piperidine rings is 1. The Labute approximate surface area is 248 Å². The average Bonchev–Trinajstić information content (AvgIpc) is 3.40. The van der Waals surface area contributed by atoms with Crippen molar-refractivity contribution in [3.63, 3.8) is 0 Å². The fraction of sp³-hybridized carbons (Fsp3) is 0.571. The summed E-state index contributed by atoms with van der Waals surface area (Å²) in [6.07, 6.45) is 1.09. The predicted molar refractivity (Wildman–Crippen MR) is 157 cm³/mol. The van der Waals surface area contributed by atoms with Gasteiger partial charge >= 0.3 is 0 Å². The van der Waals surface area contributed by atoms with Gasteiger partial charge in [0.2, 0.25) is 20.0 Å². The maximum Gasteiger partial charge on any atom is 0.243 e. The van der Waals surface area contributed by atoms with Crippen LogP contribution in [-0.2, 0) is 24.8 Å². The summed E-state index contributed by atoms with van der Waals surface area (Å²) < 4.78 is 72.3. The lowest BCUT2D eigenvalue weighted by Crippen LogP contribution is -2.47. The minimum absolute atomic E-state index is 0.00751. The van der Waals surface area contributed by atoms with Gasteiger partial charge in [-0.15, -0.1) is 0 Å². The normalized spacial score (nSPS) is 21.6. The van der Waals surface area contributed by atoms with Crippen LogP contribution >= 0.6 is 0 Å². The van der Waals surface area contributed by atoms with Crippen LogP contribution in [0.1, 0.15) is 26.2 Å². The number of hydrogen-bond donors (Lipinski definition) is 3. The van der Waals surface area contributed by atoms with Crippen molar-refractivity contribution in [3.05, 3.63) is 42.5 Å². The van der Waals surface area contributed by atoms with Gasteiger partial charge < -0.3 is 29.5 Å². The van der Waals surface area contributed by atoms with E-state index in [1.54, 1.807) is 34.6 Å². The van der Waals surface area contributed by atoms with Gasteiger partial charge in [0.15, 0.2) is 0 Å². The molecule has 1 unspecified atom stereocenters. The van der Waals surface area contributed by atoms with E-state index in [1.165, 1.54) is 19.2 Å². The highest BCUT2D eigenvalue weighted by Gasteiger charge is 2.45. The molecule has 14 heteroatoms. The van der Waals surface area contributed by atoms with E-state index >= 15 is 0 Å². The number of nitrogens with one attached hydrogen (secondary N) is 2. The summed E-state index contributed by atoms with van der Waals surface area (Å²) in [4.78, 5) is 2.49. The molecule has 0 radical (unpaired) electrons. The van der Waals surface area contributed by atoms with Gasteiger partial charge in [0.25, 0.3) is 0 Å². The van der Waals surface area contributed by atoms with Gasteiger partial charge in [0.1, 0.15) is 30.8 Å². The van der Waals surface area contributed by atoms with Crippen molar-refractivity contribution in [2.45, 2.75) is 53.7 Å². The Morgan fingerprint density at radius 1 is 1.10 bits per heavy atom. The smallest absolute Gasteiger partial charge is 0.243 e. The van der Waals surface area contributed by atoms with Gasteiger partial charge in [0.05, 0.1) is 34.2 Å². The second kappa shape index (κ2) is 12.6. The molecule has 12 nitrogen and oxygen atoms in total. The average molecular weight is 625 g/mol. The molecule has 3 heterocycles. The van der Waals surface area contributed by atoms with E-state index in [4.69, 9.17) is 14.2 Å². The van der Waals surface area contributed by atoms with Gasteiger partial charge in [-0.05, 0) is 63.6 Å². The first-order chi connectivity index (χ1) is 20.0. The number of likely N-dealkylation sites (N-methyl/N-ethyl adjacent to an activating group) is 1. The number of aliphatic hydroxyl groups is 1. The highest BCUT2D eigenvalue weighted by molar-refractivity contribution is 7.89. The molecule has 2 atom stereocenters. The van der Waals surface area contributed by atoms with E-state index in [0.29, 0.717) is 50.6 Å². The van der Waals surface area contributed by atoms with Crippen LogP contribution in [0.3, 0.4) is 0 Å². The molecule has 2 saturated heterocycles. The van der Waals surface area contributed by atoms with Crippen LogP contribution < -0.4 is 24.4 Å². The summed E-state index contributed by atoms with van der Waals surface area (Å²) in [5.41, 5.74) is 0.418. The lowest BCUT2D eigenvalue weighted by molar-refractivity contribution is -0.0312. The number of benzene rings is 2. The van der Waals surface area contributed by atoms with Crippen LogP contribution in [0, 0.1) is 0 Å². The van der Waals surface area contributed by atoms with Crippen LogP contribution in [0.25, 0.3) is 0 Å². The van der Waals surface area contributed by atoms with Crippen LogP contribution in [0.2, 0.25) is 0 Å². The van der Waals surface area contributed by atoms with Crippen LogP contribution in [0.4, 0.5) is 5.69 Å². The Kier molecular flexibility index (Phi) is 9.33. The van der Waals surface area contributed by atoms with Gasteiger partial charge in [-0.1, -0.05) is 6.07 Å². The van der Waals surface area contributed by atoms with E-state index in [2.05, 4.69) is 14.9 Å². The van der Waals surface area contributed by atoms with Crippen LogP contribution in [0.15, 0.2) is 52.3 Å². The number of nitrogens with zero attached hydrogens (tertiary/aromatic N) is 2. The van der Waals surface area contributed by atoms with Gasteiger partial charge in [-0.25, -0.2) is 21.6 Å². The van der Waals surface area contributed by atoms with Crippen molar-refractivity contribution in [1.29, 1.82) is 0 Å². The van der Waals surface area contributed by atoms with Crippen molar-refractivity contribution in [1.82, 2.24) is 14.3 Å². The maximum absolute atomic E-state index is 13.5. The second-order valence-electron chi connectivity index (χ2n) is 10.9. The molecule has 2 fully saturated rings. The standard InChI is InChI=1S/C28H40N4O8S2/c1-3-31-13-14-38-27-8-7-25(16-26(27)31)42(36,37)32-11-9-28(10-12-32)17-21(19-40-28)30-18-22(33)20-39-23-5-4-6-24(15-23)41(34,35)29-2/h4-8,15-16,21-22,29-30,33H,3,9-14,17-20H2,1-2H3/t21?,22-/m0/s1. The summed E-state index contributed by atoms with van der Waals surface area (Å²) in [5, 5.41) is 13.8. The number of ether oxygens (including phenoxy) is 3. The zero-order valence-corrected chi connectivity index (χ0v) is 25.6. The molecule has 0 aliphatic carbocycles. The third kappa shape index (κ3) is 6.69. The summed E-state index contributed by atoms with van der Waals surface area (Å²) in [6.45, 7) is 5.62. The summed E-state index contributed by atoms with van der Waals surface area (Å²) in [7, 11) is -5.90. The highest BCUT2D eigenvalue weighted by Crippen LogP contribution is 2.39. The first-order valence-electron chi connectivity index (χ1n) is 14.3. The Bertz CT molecular complexity index is 1460. The molecule has 232 valence electrons. The Morgan fingerprint density at radius 3 is 2.62 bits per heavy atom. The third-order valence-corrected chi connectivity index (χ3v) is 11.5. The van der Waals surface area contributed by atoms with Crippen LogP contribution in [0.5, 0.6) is 11.5 Å². The molecular weight excluding hydrogens is 584 g/mol. The molecule has 0 saturated carbocycles. The van der Waals surface area contributed by atoms with Crippen molar-refractivity contribution in [2.75, 3.05) is 64.5 Å². The summed E-state index contributed by atoms with van der Waals surface area (Å²) in [6, 6.07) is 11.2. The quantitative estimate of drug-likeness (QED) is 0.333. The van der Waals surface area contributed by atoms with E-state index in [9.17, 15) is 21.9 Å². The van der Waals surface area contributed by atoms with Crippen molar-refractivity contribution < 1.29 is 36.2 Å². The zero-order chi connectivity index (χ0) is 30.0. The number of sulfonamides is 2. The van der Waals surface area contributed by atoms with E-state index < -0.39 is 31.8 Å². The lowest BCUT2D eigenvalue weighted by atomic mass is 9.88. The van der Waals surface area contributed by atoms with E-state index in [-0.39, 0.29) is 29.0 Å². The first kappa shape index (κ1) is 31.0. The van der Waals surface area contributed by atoms with E-state index in [0.717, 1.165) is 25.2 Å². The number of aliphatic hydroxyl groups excluding tert-OH is 1. The maximum atomic E-state index is 13.5. The molecule has 3 N–H and O–H groups in total. The topological polar surface area (TPSA) is 147 Å². The lowest BCUT2D eigenvalue weighted by Gasteiger charge is -2.38. The van der Waals surface area contributed by atoms with Gasteiger partial charge in [-0.2, -0.15) is 4.31 Å². The molecule has 3 aliphatic rings. The third-order valence-electron chi connectivity index (χ3n) is 8.22. The van der Waals surface area contributed by atoms with Crippen molar-refractivity contribution in [2.24, 2.45) is 0 Å². The van der Waals surface area contributed by atoms with Crippen molar-refractivity contribution in [3.8, 4) is 11.5 Å². The largest absolute Gasteiger partial charge is 0.491 e. The van der Waals surface area contributed by atoms with Crippen molar-refractivity contribution >= 4 is 25.7 Å². The summed E-state index contributed by atoms with van der Waals surface area (Å²) >= 11 is 0. The molecule has 2 aromatic carbocycles. The number of anilines is 1. The molecule has 5 rings (SSSR count). The van der Waals surface area contributed by atoms with E-state index in [1.807, 2.05) is 6.92 Å². The molecular formula is C28H40N4O8S2. The SMILES string of the molecule is CCN1CCOc2ccc(S(=O)(=O)N3CCC4(CC3)CC(NC[C@H](O)COc3cccc(S(=O)(=O)NC)c3)CO4)cc21. The first-order valence-corrected chi connectivity index (χ1v) is 17.2. The molecule has 0 bridgehead atoms. The molecule has 2 aromatic rings. The fourth-order valence-electron chi connectivity index (χ4n) is 5.75.